The number of piperazine rings is 1. The Hall–Kier alpha value is -2.02. The molecule has 0 bridgehead atoms. The van der Waals surface area contributed by atoms with Crippen LogP contribution in [-0.4, -0.2) is 69.7 Å². The quantitative estimate of drug-likeness (QED) is 0.804. The van der Waals surface area contributed by atoms with Gasteiger partial charge in [-0.15, -0.1) is 0 Å². The molecule has 7 heteroatoms. The molecule has 7 nitrogen and oxygen atoms in total. The van der Waals surface area contributed by atoms with Crippen LogP contribution in [0.5, 0.6) is 0 Å². The molecule has 1 aliphatic heterocycles. The van der Waals surface area contributed by atoms with Crippen molar-refractivity contribution in [2.45, 2.75) is 6.42 Å². The predicted molar refractivity (Wildman–Crippen MR) is 66.6 cm³/mol. The molecule has 1 aromatic heterocycles. The topological polar surface area (TPSA) is 86.6 Å². The standard InChI is InChI=1S/C12H16N4O3/c17-11(18)2-4-15-5-7-16(8-6-15)12(19)10-1-3-13-14-9-10/h1,3,9H,2,4-8H2,(H,17,18). The first kappa shape index (κ1) is 13.4. The van der Waals surface area contributed by atoms with E-state index in [0.717, 1.165) is 0 Å². The second-order valence-corrected chi connectivity index (χ2v) is 4.41. The Kier molecular flexibility index (Phi) is 4.40. The lowest BCUT2D eigenvalue weighted by Crippen LogP contribution is -2.49. The lowest BCUT2D eigenvalue weighted by molar-refractivity contribution is -0.137. The molecule has 2 heterocycles. The average Bonchev–Trinajstić information content (AvgIpc) is 2.46. The maximum Gasteiger partial charge on any atom is 0.304 e. The van der Waals surface area contributed by atoms with Crippen LogP contribution in [-0.2, 0) is 4.79 Å². The SMILES string of the molecule is O=C(O)CCN1CCN(C(=O)c2ccnnc2)CC1. The molecule has 19 heavy (non-hydrogen) atoms. The molecule has 1 amide bonds. The highest BCUT2D eigenvalue weighted by Crippen LogP contribution is 2.07. The summed E-state index contributed by atoms with van der Waals surface area (Å²) >= 11 is 0. The van der Waals surface area contributed by atoms with Gasteiger partial charge in [0.15, 0.2) is 0 Å². The number of rotatable bonds is 4. The van der Waals surface area contributed by atoms with E-state index in [9.17, 15) is 9.59 Å². The largest absolute Gasteiger partial charge is 0.481 e. The third-order valence-electron chi connectivity index (χ3n) is 3.13. The van der Waals surface area contributed by atoms with Gasteiger partial charge in [0.25, 0.3) is 5.91 Å². The first-order valence-corrected chi connectivity index (χ1v) is 6.17. The summed E-state index contributed by atoms with van der Waals surface area (Å²) in [6, 6.07) is 1.64. The van der Waals surface area contributed by atoms with E-state index in [2.05, 4.69) is 15.1 Å². The van der Waals surface area contributed by atoms with Gasteiger partial charge >= 0.3 is 5.97 Å². The zero-order chi connectivity index (χ0) is 13.7. The molecule has 0 spiro atoms. The fourth-order valence-electron chi connectivity index (χ4n) is 2.03. The molecule has 1 saturated heterocycles. The monoisotopic (exact) mass is 264 g/mol. The highest BCUT2D eigenvalue weighted by atomic mass is 16.4. The summed E-state index contributed by atoms with van der Waals surface area (Å²) in [7, 11) is 0. The molecule has 0 unspecified atom stereocenters. The van der Waals surface area contributed by atoms with Gasteiger partial charge in [0.2, 0.25) is 0 Å². The van der Waals surface area contributed by atoms with E-state index in [1.807, 2.05) is 0 Å². The Morgan fingerprint density at radius 2 is 1.95 bits per heavy atom. The van der Waals surface area contributed by atoms with Crippen LogP contribution in [0.3, 0.4) is 0 Å². The third-order valence-corrected chi connectivity index (χ3v) is 3.13. The minimum atomic E-state index is -0.790. The van der Waals surface area contributed by atoms with E-state index in [1.165, 1.54) is 12.4 Å². The summed E-state index contributed by atoms with van der Waals surface area (Å²) < 4.78 is 0. The number of carbonyl (C=O) groups excluding carboxylic acids is 1. The highest BCUT2D eigenvalue weighted by Gasteiger charge is 2.22. The number of aliphatic carboxylic acids is 1. The van der Waals surface area contributed by atoms with Crippen molar-refractivity contribution in [1.29, 1.82) is 0 Å². The Morgan fingerprint density at radius 3 is 2.53 bits per heavy atom. The van der Waals surface area contributed by atoms with E-state index in [0.29, 0.717) is 38.3 Å². The molecule has 0 radical (unpaired) electrons. The van der Waals surface area contributed by atoms with Crippen molar-refractivity contribution in [3.8, 4) is 0 Å². The summed E-state index contributed by atoms with van der Waals surface area (Å²) in [5.74, 6) is -0.839. The number of aromatic nitrogens is 2. The van der Waals surface area contributed by atoms with Crippen LogP contribution in [0.1, 0.15) is 16.8 Å². The van der Waals surface area contributed by atoms with Crippen molar-refractivity contribution in [3.05, 3.63) is 24.0 Å². The van der Waals surface area contributed by atoms with Gasteiger partial charge in [0.1, 0.15) is 0 Å². The van der Waals surface area contributed by atoms with Crippen molar-refractivity contribution < 1.29 is 14.7 Å². The minimum absolute atomic E-state index is 0.0483. The maximum absolute atomic E-state index is 12.1. The van der Waals surface area contributed by atoms with Crippen LogP contribution >= 0.6 is 0 Å². The van der Waals surface area contributed by atoms with Crippen molar-refractivity contribution in [2.75, 3.05) is 32.7 Å². The van der Waals surface area contributed by atoms with Crippen LogP contribution in [0.15, 0.2) is 18.5 Å². The fourth-order valence-corrected chi connectivity index (χ4v) is 2.03. The molecule has 1 fully saturated rings. The number of nitrogens with zero attached hydrogens (tertiary/aromatic N) is 4. The van der Waals surface area contributed by atoms with E-state index in [1.54, 1.807) is 11.0 Å². The van der Waals surface area contributed by atoms with Crippen LogP contribution in [0.4, 0.5) is 0 Å². The zero-order valence-corrected chi connectivity index (χ0v) is 10.5. The normalized spacial score (nSPS) is 16.3. The van der Waals surface area contributed by atoms with Gasteiger partial charge in [0.05, 0.1) is 24.4 Å². The number of amides is 1. The summed E-state index contributed by atoms with van der Waals surface area (Å²) in [6.45, 7) is 3.17. The van der Waals surface area contributed by atoms with Gasteiger partial charge in [-0.2, -0.15) is 10.2 Å². The Labute approximate surface area is 110 Å². The van der Waals surface area contributed by atoms with Crippen molar-refractivity contribution >= 4 is 11.9 Å². The zero-order valence-electron chi connectivity index (χ0n) is 10.5. The summed E-state index contributed by atoms with van der Waals surface area (Å²) in [5.41, 5.74) is 0.536. The number of carboxylic acids is 1. The van der Waals surface area contributed by atoms with Gasteiger partial charge in [0, 0.05) is 32.7 Å². The van der Waals surface area contributed by atoms with E-state index < -0.39 is 5.97 Å². The van der Waals surface area contributed by atoms with E-state index >= 15 is 0 Å². The molecule has 1 aromatic rings. The van der Waals surface area contributed by atoms with Gasteiger partial charge in [-0.3, -0.25) is 14.5 Å². The van der Waals surface area contributed by atoms with Crippen molar-refractivity contribution in [1.82, 2.24) is 20.0 Å². The van der Waals surface area contributed by atoms with Crippen LogP contribution in [0.2, 0.25) is 0 Å². The maximum atomic E-state index is 12.1. The van der Waals surface area contributed by atoms with Gasteiger partial charge in [-0.1, -0.05) is 0 Å². The first-order chi connectivity index (χ1) is 9.16. The summed E-state index contributed by atoms with van der Waals surface area (Å²) in [4.78, 5) is 26.4. The molecule has 1 aliphatic rings. The fraction of sp³-hybridized carbons (Fsp3) is 0.500. The minimum Gasteiger partial charge on any atom is -0.481 e. The van der Waals surface area contributed by atoms with Crippen LogP contribution in [0.25, 0.3) is 0 Å². The van der Waals surface area contributed by atoms with Gasteiger partial charge < -0.3 is 10.0 Å². The molecule has 0 atom stereocenters. The second-order valence-electron chi connectivity index (χ2n) is 4.41. The van der Waals surface area contributed by atoms with Gasteiger partial charge in [-0.25, -0.2) is 0 Å². The third kappa shape index (κ3) is 3.72. The van der Waals surface area contributed by atoms with Gasteiger partial charge in [-0.05, 0) is 6.07 Å². The summed E-state index contributed by atoms with van der Waals surface area (Å²) in [5, 5.41) is 16.0. The lowest BCUT2D eigenvalue weighted by atomic mass is 10.2. The number of hydrogen-bond acceptors (Lipinski definition) is 5. The molecular formula is C12H16N4O3. The van der Waals surface area contributed by atoms with Crippen molar-refractivity contribution in [3.63, 3.8) is 0 Å². The molecule has 0 saturated carbocycles. The number of carbonyl (C=O) groups is 2. The van der Waals surface area contributed by atoms with E-state index in [4.69, 9.17) is 5.11 Å². The smallest absolute Gasteiger partial charge is 0.304 e. The molecule has 1 N–H and O–H groups in total. The second kappa shape index (κ2) is 6.24. The summed E-state index contributed by atoms with van der Waals surface area (Å²) in [6.07, 6.45) is 3.09. The molecular weight excluding hydrogens is 248 g/mol. The first-order valence-electron chi connectivity index (χ1n) is 6.17. The highest BCUT2D eigenvalue weighted by molar-refractivity contribution is 5.93. The van der Waals surface area contributed by atoms with Crippen LogP contribution in [0, 0.1) is 0 Å². The lowest BCUT2D eigenvalue weighted by Gasteiger charge is -2.34. The molecule has 2 rings (SSSR count). The molecule has 0 aromatic carbocycles. The molecule has 0 aliphatic carbocycles. The Balaban J connectivity index is 1.83. The predicted octanol–water partition coefficient (Wildman–Crippen LogP) is -0.291. The Bertz CT molecular complexity index is 444. The van der Waals surface area contributed by atoms with E-state index in [-0.39, 0.29) is 12.3 Å². The molecule has 102 valence electrons. The average molecular weight is 264 g/mol. The van der Waals surface area contributed by atoms with Crippen molar-refractivity contribution in [2.24, 2.45) is 0 Å². The number of carboxylic acid groups (broad SMARTS) is 1. The number of hydrogen-bond donors (Lipinski definition) is 1. The van der Waals surface area contributed by atoms with Crippen LogP contribution < -0.4 is 0 Å². The Morgan fingerprint density at radius 1 is 1.21 bits per heavy atom.